The van der Waals surface area contributed by atoms with Crippen molar-refractivity contribution in [3.05, 3.63) is 42.4 Å². The van der Waals surface area contributed by atoms with Gasteiger partial charge in [0.2, 0.25) is 0 Å². The first-order chi connectivity index (χ1) is 13.8. The van der Waals surface area contributed by atoms with Crippen LogP contribution < -0.4 is 0 Å². The Kier molecular flexibility index (Phi) is 6.65. The minimum Gasteiger partial charge on any atom is -0.389 e. The minimum absolute atomic E-state index is 0.129. The molecule has 0 fully saturated rings. The molecule has 0 radical (unpaired) electrons. The lowest BCUT2D eigenvalue weighted by Crippen LogP contribution is -2.27. The standard InChI is InChI=1S/C23H32N4O2/c1-6-12-29-14-16(2)17(3)21-25-20(18-10-8-7-9-11-18)19-13-24-27(22(19)26-21)15-23(4,5)28/h7-11,13,16-17,28H,6,12,14-15H2,1-5H3. The number of fused-ring (bicyclic) bond motifs is 1. The fourth-order valence-corrected chi connectivity index (χ4v) is 3.29. The van der Waals surface area contributed by atoms with E-state index in [2.05, 4.69) is 38.0 Å². The Hall–Kier alpha value is -2.31. The van der Waals surface area contributed by atoms with Gasteiger partial charge in [-0.25, -0.2) is 14.6 Å². The summed E-state index contributed by atoms with van der Waals surface area (Å²) in [6.07, 6.45) is 2.81. The fraction of sp³-hybridized carbons (Fsp3) is 0.522. The van der Waals surface area contributed by atoms with Crippen molar-refractivity contribution in [2.24, 2.45) is 5.92 Å². The van der Waals surface area contributed by atoms with Crippen molar-refractivity contribution in [3.8, 4) is 11.3 Å². The number of nitrogens with zero attached hydrogens (tertiary/aromatic N) is 4. The van der Waals surface area contributed by atoms with Crippen LogP contribution in [-0.2, 0) is 11.3 Å². The molecular formula is C23H32N4O2. The molecule has 0 spiro atoms. The van der Waals surface area contributed by atoms with E-state index in [1.807, 2.05) is 18.2 Å². The first-order valence-electron chi connectivity index (χ1n) is 10.4. The van der Waals surface area contributed by atoms with Crippen molar-refractivity contribution in [2.45, 2.75) is 59.1 Å². The molecule has 3 aromatic rings. The van der Waals surface area contributed by atoms with Crippen LogP contribution in [0.1, 0.15) is 52.8 Å². The average Bonchev–Trinajstić information content (AvgIpc) is 3.08. The largest absolute Gasteiger partial charge is 0.389 e. The molecule has 0 saturated carbocycles. The zero-order valence-corrected chi connectivity index (χ0v) is 18.1. The highest BCUT2D eigenvalue weighted by molar-refractivity contribution is 5.90. The highest BCUT2D eigenvalue weighted by Gasteiger charge is 2.23. The van der Waals surface area contributed by atoms with E-state index >= 15 is 0 Å². The second kappa shape index (κ2) is 9.01. The Morgan fingerprint density at radius 2 is 1.86 bits per heavy atom. The zero-order chi connectivity index (χ0) is 21.0. The van der Waals surface area contributed by atoms with Crippen molar-refractivity contribution in [1.82, 2.24) is 19.7 Å². The molecule has 2 unspecified atom stereocenters. The van der Waals surface area contributed by atoms with E-state index < -0.39 is 5.60 Å². The molecule has 156 valence electrons. The Bertz CT molecular complexity index is 931. The maximum absolute atomic E-state index is 10.3. The summed E-state index contributed by atoms with van der Waals surface area (Å²) in [4.78, 5) is 9.83. The highest BCUT2D eigenvalue weighted by Crippen LogP contribution is 2.30. The molecule has 6 nitrogen and oxygen atoms in total. The van der Waals surface area contributed by atoms with Gasteiger partial charge in [0.15, 0.2) is 5.65 Å². The molecule has 0 saturated heterocycles. The SMILES string of the molecule is CCCOCC(C)C(C)c1nc(-c2ccccc2)c2cnn(CC(C)(C)O)c2n1. The third-order valence-corrected chi connectivity index (χ3v) is 5.09. The van der Waals surface area contributed by atoms with Gasteiger partial charge in [-0.2, -0.15) is 5.10 Å². The van der Waals surface area contributed by atoms with E-state index in [4.69, 9.17) is 14.7 Å². The van der Waals surface area contributed by atoms with Crippen LogP contribution in [0.3, 0.4) is 0 Å². The number of hydrogen-bond acceptors (Lipinski definition) is 5. The molecule has 1 aromatic carbocycles. The van der Waals surface area contributed by atoms with Crippen LogP contribution in [0.5, 0.6) is 0 Å². The summed E-state index contributed by atoms with van der Waals surface area (Å²) in [5, 5.41) is 15.7. The van der Waals surface area contributed by atoms with E-state index in [0.717, 1.165) is 41.1 Å². The summed E-state index contributed by atoms with van der Waals surface area (Å²) >= 11 is 0. The van der Waals surface area contributed by atoms with Gasteiger partial charge < -0.3 is 9.84 Å². The Labute approximate surface area is 173 Å². The predicted octanol–water partition coefficient (Wildman–Crippen LogP) is 4.43. The summed E-state index contributed by atoms with van der Waals surface area (Å²) < 4.78 is 7.53. The summed E-state index contributed by atoms with van der Waals surface area (Å²) in [5.74, 6) is 1.19. The van der Waals surface area contributed by atoms with Crippen LogP contribution in [0, 0.1) is 5.92 Å². The number of aromatic nitrogens is 4. The maximum atomic E-state index is 10.3. The number of hydrogen-bond donors (Lipinski definition) is 1. The Morgan fingerprint density at radius 3 is 2.52 bits per heavy atom. The molecule has 0 aliphatic rings. The van der Waals surface area contributed by atoms with Gasteiger partial charge in [-0.05, 0) is 26.2 Å². The van der Waals surface area contributed by atoms with Crippen molar-refractivity contribution in [3.63, 3.8) is 0 Å². The molecule has 2 aromatic heterocycles. The van der Waals surface area contributed by atoms with Gasteiger partial charge in [0, 0.05) is 24.7 Å². The van der Waals surface area contributed by atoms with Crippen LogP contribution in [0.2, 0.25) is 0 Å². The number of ether oxygens (including phenoxy) is 1. The monoisotopic (exact) mass is 396 g/mol. The Morgan fingerprint density at radius 1 is 1.14 bits per heavy atom. The van der Waals surface area contributed by atoms with Crippen molar-refractivity contribution >= 4 is 11.0 Å². The van der Waals surface area contributed by atoms with Gasteiger partial charge in [0.1, 0.15) is 5.82 Å². The topological polar surface area (TPSA) is 73.1 Å². The first kappa shape index (κ1) is 21.4. The van der Waals surface area contributed by atoms with Crippen molar-refractivity contribution in [2.75, 3.05) is 13.2 Å². The van der Waals surface area contributed by atoms with Gasteiger partial charge in [-0.15, -0.1) is 0 Å². The molecule has 6 heteroatoms. The van der Waals surface area contributed by atoms with Crippen LogP contribution in [0.4, 0.5) is 0 Å². The highest BCUT2D eigenvalue weighted by atomic mass is 16.5. The smallest absolute Gasteiger partial charge is 0.162 e. The average molecular weight is 397 g/mol. The van der Waals surface area contributed by atoms with Crippen LogP contribution in [-0.4, -0.2) is 43.7 Å². The molecular weight excluding hydrogens is 364 g/mol. The van der Waals surface area contributed by atoms with Crippen molar-refractivity contribution < 1.29 is 9.84 Å². The maximum Gasteiger partial charge on any atom is 0.162 e. The molecule has 0 amide bonds. The number of benzene rings is 1. The summed E-state index contributed by atoms with van der Waals surface area (Å²) in [5.41, 5.74) is 1.78. The lowest BCUT2D eigenvalue weighted by molar-refractivity contribution is 0.0589. The van der Waals surface area contributed by atoms with E-state index in [0.29, 0.717) is 13.2 Å². The van der Waals surface area contributed by atoms with Gasteiger partial charge in [-0.3, -0.25) is 0 Å². The fourth-order valence-electron chi connectivity index (χ4n) is 3.29. The number of rotatable bonds is 9. The summed E-state index contributed by atoms with van der Waals surface area (Å²) in [6, 6.07) is 10.1. The molecule has 29 heavy (non-hydrogen) atoms. The van der Waals surface area contributed by atoms with Gasteiger partial charge in [-0.1, -0.05) is 51.1 Å². The zero-order valence-electron chi connectivity index (χ0n) is 18.1. The van der Waals surface area contributed by atoms with Crippen molar-refractivity contribution in [1.29, 1.82) is 0 Å². The van der Waals surface area contributed by atoms with Crippen LogP contribution >= 0.6 is 0 Å². The molecule has 3 rings (SSSR count). The summed E-state index contributed by atoms with van der Waals surface area (Å²) in [7, 11) is 0. The first-order valence-corrected chi connectivity index (χ1v) is 10.4. The lowest BCUT2D eigenvalue weighted by Gasteiger charge is -2.20. The Balaban J connectivity index is 2.06. The van der Waals surface area contributed by atoms with E-state index in [1.54, 1.807) is 24.7 Å². The molecule has 0 aliphatic heterocycles. The van der Waals surface area contributed by atoms with Gasteiger partial charge >= 0.3 is 0 Å². The second-order valence-electron chi connectivity index (χ2n) is 8.49. The second-order valence-corrected chi connectivity index (χ2v) is 8.49. The van der Waals surface area contributed by atoms with Gasteiger partial charge in [0.05, 0.1) is 29.4 Å². The van der Waals surface area contributed by atoms with E-state index in [-0.39, 0.29) is 11.8 Å². The molecule has 2 atom stereocenters. The van der Waals surface area contributed by atoms with E-state index in [9.17, 15) is 5.11 Å². The predicted molar refractivity (Wildman–Crippen MR) is 116 cm³/mol. The molecule has 0 bridgehead atoms. The number of aliphatic hydroxyl groups is 1. The minimum atomic E-state index is -0.885. The molecule has 1 N–H and O–H groups in total. The van der Waals surface area contributed by atoms with Gasteiger partial charge in [0.25, 0.3) is 0 Å². The third-order valence-electron chi connectivity index (χ3n) is 5.09. The molecule has 0 aliphatic carbocycles. The normalized spacial score (nSPS) is 14.3. The summed E-state index contributed by atoms with van der Waals surface area (Å²) in [6.45, 7) is 11.8. The third kappa shape index (κ3) is 5.19. The lowest BCUT2D eigenvalue weighted by atomic mass is 9.95. The quantitative estimate of drug-likeness (QED) is 0.542. The van der Waals surface area contributed by atoms with Crippen LogP contribution in [0.15, 0.2) is 36.5 Å². The van der Waals surface area contributed by atoms with Crippen LogP contribution in [0.25, 0.3) is 22.3 Å². The molecule has 2 heterocycles. The van der Waals surface area contributed by atoms with E-state index in [1.165, 1.54) is 0 Å².